The molecule has 0 spiro atoms. The number of aliphatic hydroxyl groups is 3. The van der Waals surface area contributed by atoms with E-state index in [1.54, 1.807) is 0 Å². The van der Waals surface area contributed by atoms with Crippen LogP contribution < -0.4 is 11.1 Å². The Hall–Kier alpha value is -2.95. The van der Waals surface area contributed by atoms with Gasteiger partial charge < -0.3 is 45.6 Å². The molecule has 8 N–H and O–H groups in total. The summed E-state index contributed by atoms with van der Waals surface area (Å²) in [5, 5.41) is 35.0. The zero-order chi connectivity index (χ0) is 31.0. The lowest BCUT2D eigenvalue weighted by molar-refractivity contribution is -0.0679. The molecule has 3 aromatic heterocycles. The molecule has 7 unspecified atom stereocenters. The Bertz CT molecular complexity index is 1700. The van der Waals surface area contributed by atoms with Crippen molar-refractivity contribution in [2.45, 2.75) is 55.3 Å². The third kappa shape index (κ3) is 5.12. The van der Waals surface area contributed by atoms with Crippen LogP contribution in [-0.2, 0) is 36.7 Å². The highest BCUT2D eigenvalue weighted by Gasteiger charge is 2.54. The molecule has 7 heterocycles. The number of nitrogen functional groups attached to an aromatic ring is 1. The van der Waals surface area contributed by atoms with E-state index in [1.165, 1.54) is 28.1 Å². The summed E-state index contributed by atoms with van der Waals surface area (Å²) in [6.45, 7) is -1.57. The normalized spacial score (nSPS) is 40.9. The first-order valence-electron chi connectivity index (χ1n) is 12.9. The van der Waals surface area contributed by atoms with E-state index < -0.39 is 84.2 Å². The molecule has 4 aliphatic rings. The van der Waals surface area contributed by atoms with Gasteiger partial charge in [-0.1, -0.05) is 0 Å². The predicted molar refractivity (Wildman–Crippen MR) is 140 cm³/mol. The van der Waals surface area contributed by atoms with Crippen molar-refractivity contribution >= 4 is 44.8 Å². The quantitative estimate of drug-likeness (QED) is 0.150. The van der Waals surface area contributed by atoms with E-state index in [9.17, 15) is 34.2 Å². The smallest absolute Gasteiger partial charge is 0.387 e. The molecule has 3 saturated heterocycles. The lowest BCUT2D eigenvalue weighted by Crippen LogP contribution is -2.38. The number of nitrogens with zero attached hydrogens (tertiary/aromatic N) is 7. The van der Waals surface area contributed by atoms with Crippen molar-refractivity contribution in [2.75, 3.05) is 24.3 Å². The molecule has 4 bridgehead atoms. The molecule has 0 aliphatic carbocycles. The van der Waals surface area contributed by atoms with Gasteiger partial charge in [0.1, 0.15) is 60.0 Å². The Morgan fingerprint density at radius 3 is 2.09 bits per heavy atom. The van der Waals surface area contributed by atoms with Crippen molar-refractivity contribution in [3.05, 3.63) is 24.7 Å². The van der Waals surface area contributed by atoms with Gasteiger partial charge in [0.15, 0.2) is 30.1 Å². The van der Waals surface area contributed by atoms with E-state index in [0.717, 1.165) is 6.33 Å². The van der Waals surface area contributed by atoms with Crippen LogP contribution in [0.25, 0.3) is 11.2 Å². The molecular weight excluding hydrogens is 636 g/mol. The lowest BCUT2D eigenvalue weighted by Gasteiger charge is -2.26. The highest BCUT2D eigenvalue weighted by Crippen LogP contribution is 2.54. The van der Waals surface area contributed by atoms with Gasteiger partial charge in [-0.15, -0.1) is 0 Å². The molecule has 22 nitrogen and oxygen atoms in total. The number of ether oxygens (including phenoxy) is 2. The predicted octanol–water partition coefficient (Wildman–Crippen LogP) is -1.72. The second-order valence-electron chi connectivity index (χ2n) is 10.0. The number of fused-ring (bicyclic) bond motifs is 6. The molecule has 7 rings (SSSR count). The first-order chi connectivity index (χ1) is 20.9. The summed E-state index contributed by atoms with van der Waals surface area (Å²) in [4.78, 5) is 41.2. The first-order valence-corrected chi connectivity index (χ1v) is 15.9. The molecule has 0 aromatic carbocycles. The van der Waals surface area contributed by atoms with Crippen LogP contribution >= 0.6 is 15.6 Å². The highest BCUT2D eigenvalue weighted by molar-refractivity contribution is 7.47. The van der Waals surface area contributed by atoms with Crippen LogP contribution in [0.3, 0.4) is 0 Å². The number of anilines is 2. The number of aliphatic hydroxyl groups excluding tert-OH is 3. The molecule has 44 heavy (non-hydrogen) atoms. The Morgan fingerprint density at radius 1 is 0.864 bits per heavy atom. The third-order valence-electron chi connectivity index (χ3n) is 7.36. The van der Waals surface area contributed by atoms with Crippen LogP contribution in [0.2, 0.25) is 0 Å². The van der Waals surface area contributed by atoms with Gasteiger partial charge >= 0.3 is 15.6 Å². The number of aliphatic imine (C=N–C) groups is 1. The summed E-state index contributed by atoms with van der Waals surface area (Å²) in [7, 11) is -10.1. The van der Waals surface area contributed by atoms with Gasteiger partial charge in [0.25, 0.3) is 0 Å². The maximum atomic E-state index is 13.1. The largest absolute Gasteiger partial charge is 0.472 e. The van der Waals surface area contributed by atoms with Crippen LogP contribution in [0.15, 0.2) is 24.0 Å². The molecule has 3 aromatic rings. The summed E-state index contributed by atoms with van der Waals surface area (Å²) < 4.78 is 61.4. The van der Waals surface area contributed by atoms with Gasteiger partial charge in [-0.25, -0.2) is 34.1 Å². The van der Waals surface area contributed by atoms with Crippen molar-refractivity contribution in [3.63, 3.8) is 0 Å². The van der Waals surface area contributed by atoms with Crippen molar-refractivity contribution in [3.8, 4) is 0 Å². The SMILES string of the molecule is Nc1ncnc2c1ncn2C1OC2COP(=O)(O)O[C@H]3C(n4cnc5c4NC=NC5O)OC(COP(=O)(O)O[C@@H]1[C@@H]2O)[C@H]3O. The molecule has 0 amide bonds. The number of phosphoric ester groups is 2. The van der Waals surface area contributed by atoms with Crippen LogP contribution in [0, 0.1) is 0 Å². The minimum Gasteiger partial charge on any atom is -0.387 e. The van der Waals surface area contributed by atoms with E-state index in [1.807, 2.05) is 0 Å². The molecule has 11 atom stereocenters. The van der Waals surface area contributed by atoms with Gasteiger partial charge in [0.2, 0.25) is 0 Å². The van der Waals surface area contributed by atoms with Crippen LogP contribution in [0.5, 0.6) is 0 Å². The van der Waals surface area contributed by atoms with E-state index in [-0.39, 0.29) is 28.5 Å². The van der Waals surface area contributed by atoms with Crippen molar-refractivity contribution in [1.29, 1.82) is 0 Å². The number of phosphoric acid groups is 2. The maximum absolute atomic E-state index is 13.1. The van der Waals surface area contributed by atoms with Gasteiger partial charge in [-0.2, -0.15) is 0 Å². The van der Waals surface area contributed by atoms with Crippen LogP contribution in [0.4, 0.5) is 11.6 Å². The molecule has 4 aliphatic heterocycles. The Morgan fingerprint density at radius 2 is 1.45 bits per heavy atom. The van der Waals surface area contributed by atoms with E-state index in [0.29, 0.717) is 0 Å². The average Bonchev–Trinajstić information content (AvgIpc) is 3.73. The van der Waals surface area contributed by atoms with E-state index >= 15 is 0 Å². The average molecular weight is 661 g/mol. The second kappa shape index (κ2) is 10.8. The van der Waals surface area contributed by atoms with Crippen molar-refractivity contribution < 1.29 is 61.8 Å². The number of aromatic nitrogens is 6. The molecular formula is C20H25N9O13P2. The van der Waals surface area contributed by atoms with Gasteiger partial charge in [0, 0.05) is 0 Å². The third-order valence-corrected chi connectivity index (χ3v) is 9.33. The van der Waals surface area contributed by atoms with E-state index in [4.69, 9.17) is 33.3 Å². The summed E-state index contributed by atoms with van der Waals surface area (Å²) in [6, 6.07) is 0. The Balaban J connectivity index is 1.20. The summed E-state index contributed by atoms with van der Waals surface area (Å²) in [5.41, 5.74) is 6.23. The number of rotatable bonds is 2. The molecule has 24 heteroatoms. The van der Waals surface area contributed by atoms with E-state index in [2.05, 4.69) is 30.2 Å². The lowest BCUT2D eigenvalue weighted by atomic mass is 10.1. The summed E-state index contributed by atoms with van der Waals surface area (Å²) in [5.74, 6) is 0.197. The van der Waals surface area contributed by atoms with Crippen molar-refractivity contribution in [2.24, 2.45) is 4.99 Å². The molecule has 0 radical (unpaired) electrons. The standard InChI is InChI=1S/C20H25N9O13P2/c21-15-9-16(23-3-22-15)28(5-26-9)19-13-11(30)7(39-19)1-37-44(35,36)42-14-12(31)8(2-38-43(33,34)41-13)40-20(14)29-6-27-10-17(29)24-4-25-18(10)32/h3-8,11-14,18-20,30-32H,1-2H2,(H,24,25)(H,33,34)(H,35,36)(H2,21,22,23)/t7?,8?,11-,12-,13-,14-,18?,19?,20?/m1/s1. The van der Waals surface area contributed by atoms with Gasteiger partial charge in [-0.05, 0) is 0 Å². The molecule has 0 saturated carbocycles. The first kappa shape index (κ1) is 29.7. The topological polar surface area (TPSA) is 302 Å². The minimum absolute atomic E-state index is 0.0285. The Kier molecular flexibility index (Phi) is 7.33. The number of nitrogens with two attached hydrogens (primary N) is 1. The van der Waals surface area contributed by atoms with Gasteiger partial charge in [0.05, 0.1) is 32.2 Å². The molecule has 238 valence electrons. The minimum atomic E-state index is -5.04. The number of hydrogen-bond donors (Lipinski definition) is 7. The summed E-state index contributed by atoms with van der Waals surface area (Å²) >= 11 is 0. The second-order valence-corrected chi connectivity index (χ2v) is 12.9. The fraction of sp³-hybridized carbons (Fsp3) is 0.550. The number of hydrogen-bond acceptors (Lipinski definition) is 18. The molecule has 3 fully saturated rings. The zero-order valence-corrected chi connectivity index (χ0v) is 23.8. The van der Waals surface area contributed by atoms with Crippen molar-refractivity contribution in [1.82, 2.24) is 29.1 Å². The van der Waals surface area contributed by atoms with Crippen LogP contribution in [-0.4, -0.2) is 110 Å². The maximum Gasteiger partial charge on any atom is 0.472 e. The zero-order valence-electron chi connectivity index (χ0n) is 22.0. The van der Waals surface area contributed by atoms with Crippen LogP contribution in [0.1, 0.15) is 24.4 Å². The monoisotopic (exact) mass is 661 g/mol. The fourth-order valence-electron chi connectivity index (χ4n) is 5.29. The summed E-state index contributed by atoms with van der Waals surface area (Å²) in [6.07, 6.45) is -8.91. The number of nitrogens with one attached hydrogen (secondary N) is 1. The fourth-order valence-corrected chi connectivity index (χ4v) is 7.16. The van der Waals surface area contributed by atoms with Gasteiger partial charge in [-0.3, -0.25) is 27.2 Å². The number of imidazole rings is 2. The Labute approximate surface area is 245 Å². The highest BCUT2D eigenvalue weighted by atomic mass is 31.2.